The first-order valence-corrected chi connectivity index (χ1v) is 8.31. The number of hydrogen-bond acceptors (Lipinski definition) is 3. The molecule has 21 heavy (non-hydrogen) atoms. The first kappa shape index (κ1) is 18.4. The summed E-state index contributed by atoms with van der Waals surface area (Å²) in [6.45, 7) is 6.23. The molecule has 0 aliphatic carbocycles. The van der Waals surface area contributed by atoms with Crippen LogP contribution < -0.4 is 5.32 Å². The number of thioether (sulfide) groups is 1. The standard InChI is InChI=1S/C16H25F2NOS/c1-12(2)19-16(3,11-20)8-4-5-9-21-15-7-6-13(17)10-14(15)18/h6-7,10,12,19-20H,4-5,8-9,11H2,1-3H3. The average Bonchev–Trinajstić information content (AvgIpc) is 2.40. The highest BCUT2D eigenvalue weighted by molar-refractivity contribution is 7.99. The first-order valence-electron chi connectivity index (χ1n) is 7.33. The molecule has 0 bridgehead atoms. The zero-order valence-electron chi connectivity index (χ0n) is 13.0. The highest BCUT2D eigenvalue weighted by Gasteiger charge is 2.22. The molecule has 0 radical (unpaired) electrons. The zero-order valence-corrected chi connectivity index (χ0v) is 13.8. The molecule has 1 aromatic carbocycles. The lowest BCUT2D eigenvalue weighted by Crippen LogP contribution is -2.49. The Morgan fingerprint density at radius 3 is 2.57 bits per heavy atom. The van der Waals surface area contributed by atoms with Gasteiger partial charge >= 0.3 is 0 Å². The minimum Gasteiger partial charge on any atom is -0.394 e. The van der Waals surface area contributed by atoms with Crippen molar-refractivity contribution < 1.29 is 13.9 Å². The molecule has 0 fully saturated rings. The van der Waals surface area contributed by atoms with Crippen molar-refractivity contribution in [1.29, 1.82) is 0 Å². The second kappa shape index (κ2) is 8.71. The summed E-state index contributed by atoms with van der Waals surface area (Å²) >= 11 is 1.40. The molecule has 5 heteroatoms. The molecule has 1 aromatic rings. The maximum atomic E-state index is 13.4. The molecule has 120 valence electrons. The average molecular weight is 317 g/mol. The number of aliphatic hydroxyl groups excluding tert-OH is 1. The number of aliphatic hydroxyl groups is 1. The summed E-state index contributed by atoms with van der Waals surface area (Å²) in [7, 11) is 0. The van der Waals surface area contributed by atoms with Crippen molar-refractivity contribution in [2.24, 2.45) is 0 Å². The van der Waals surface area contributed by atoms with Crippen LogP contribution in [0.5, 0.6) is 0 Å². The Balaban J connectivity index is 2.30. The van der Waals surface area contributed by atoms with E-state index in [-0.39, 0.29) is 12.1 Å². The number of nitrogens with one attached hydrogen (secondary N) is 1. The highest BCUT2D eigenvalue weighted by Crippen LogP contribution is 2.24. The van der Waals surface area contributed by atoms with E-state index in [9.17, 15) is 13.9 Å². The van der Waals surface area contributed by atoms with Crippen LogP contribution in [0.1, 0.15) is 40.0 Å². The molecule has 0 amide bonds. The molecular weight excluding hydrogens is 292 g/mol. The molecule has 0 aliphatic rings. The maximum Gasteiger partial charge on any atom is 0.139 e. The highest BCUT2D eigenvalue weighted by atomic mass is 32.2. The molecule has 0 aromatic heterocycles. The lowest BCUT2D eigenvalue weighted by molar-refractivity contribution is 0.154. The van der Waals surface area contributed by atoms with Gasteiger partial charge in [0.1, 0.15) is 11.6 Å². The third-order valence-electron chi connectivity index (χ3n) is 3.26. The molecule has 1 rings (SSSR count). The van der Waals surface area contributed by atoms with Crippen LogP contribution in [-0.2, 0) is 0 Å². The van der Waals surface area contributed by atoms with E-state index in [4.69, 9.17) is 0 Å². The van der Waals surface area contributed by atoms with Gasteiger partial charge in [0.25, 0.3) is 0 Å². The third kappa shape index (κ3) is 6.76. The van der Waals surface area contributed by atoms with Crippen molar-refractivity contribution in [2.45, 2.75) is 56.5 Å². The van der Waals surface area contributed by atoms with E-state index in [1.807, 2.05) is 6.92 Å². The number of benzene rings is 1. The Hall–Kier alpha value is -0.650. The molecule has 1 unspecified atom stereocenters. The Kier molecular flexibility index (Phi) is 7.63. The summed E-state index contributed by atoms with van der Waals surface area (Å²) in [5.74, 6) is -0.261. The van der Waals surface area contributed by atoms with Crippen LogP contribution in [-0.4, -0.2) is 29.0 Å². The van der Waals surface area contributed by atoms with Crippen LogP contribution >= 0.6 is 11.8 Å². The van der Waals surface area contributed by atoms with Crippen LogP contribution in [0.4, 0.5) is 8.78 Å². The quantitative estimate of drug-likeness (QED) is 0.534. The van der Waals surface area contributed by atoms with Gasteiger partial charge in [0.05, 0.1) is 6.61 Å². The van der Waals surface area contributed by atoms with Gasteiger partial charge in [-0.25, -0.2) is 8.78 Å². The maximum absolute atomic E-state index is 13.4. The summed E-state index contributed by atoms with van der Waals surface area (Å²) in [5.41, 5.74) is -0.264. The van der Waals surface area contributed by atoms with Gasteiger partial charge in [0.2, 0.25) is 0 Å². The predicted molar refractivity (Wildman–Crippen MR) is 84.7 cm³/mol. The topological polar surface area (TPSA) is 32.3 Å². The summed E-state index contributed by atoms with van der Waals surface area (Å²) in [6.07, 6.45) is 2.75. The SMILES string of the molecule is CC(C)NC(C)(CO)CCCCSc1ccc(F)cc1F. The predicted octanol–water partition coefficient (Wildman–Crippen LogP) is 3.98. The molecule has 0 saturated carbocycles. The van der Waals surface area contributed by atoms with Crippen LogP contribution in [0.25, 0.3) is 0 Å². The smallest absolute Gasteiger partial charge is 0.139 e. The zero-order chi connectivity index (χ0) is 15.9. The Morgan fingerprint density at radius 1 is 1.29 bits per heavy atom. The fourth-order valence-corrected chi connectivity index (χ4v) is 3.21. The normalized spacial score (nSPS) is 14.4. The van der Waals surface area contributed by atoms with E-state index in [1.54, 1.807) is 0 Å². The Morgan fingerprint density at radius 2 is 2.00 bits per heavy atom. The summed E-state index contributed by atoms with van der Waals surface area (Å²) in [5, 5.41) is 12.8. The number of halogens is 2. The molecule has 0 aliphatic heterocycles. The molecule has 1 atom stereocenters. The van der Waals surface area contributed by atoms with Gasteiger partial charge < -0.3 is 10.4 Å². The van der Waals surface area contributed by atoms with E-state index < -0.39 is 11.6 Å². The van der Waals surface area contributed by atoms with Crippen LogP contribution in [0.15, 0.2) is 23.1 Å². The van der Waals surface area contributed by atoms with E-state index >= 15 is 0 Å². The van der Waals surface area contributed by atoms with Crippen molar-refractivity contribution in [1.82, 2.24) is 5.32 Å². The molecule has 0 spiro atoms. The Labute approximate surface area is 130 Å². The first-order chi connectivity index (χ1) is 9.86. The monoisotopic (exact) mass is 317 g/mol. The van der Waals surface area contributed by atoms with Gasteiger partial charge in [0, 0.05) is 22.5 Å². The lowest BCUT2D eigenvalue weighted by atomic mass is 9.95. The summed E-state index contributed by atoms with van der Waals surface area (Å²) < 4.78 is 26.2. The second-order valence-corrected chi connectivity index (χ2v) is 7.03. The fraction of sp³-hybridized carbons (Fsp3) is 0.625. The minimum atomic E-state index is -0.546. The van der Waals surface area contributed by atoms with Crippen LogP contribution in [0.3, 0.4) is 0 Å². The molecule has 0 heterocycles. The van der Waals surface area contributed by atoms with Crippen molar-refractivity contribution in [3.8, 4) is 0 Å². The van der Waals surface area contributed by atoms with Gasteiger partial charge in [-0.05, 0) is 37.7 Å². The van der Waals surface area contributed by atoms with E-state index in [0.29, 0.717) is 10.9 Å². The third-order valence-corrected chi connectivity index (χ3v) is 4.40. The fourth-order valence-electron chi connectivity index (χ4n) is 2.29. The van der Waals surface area contributed by atoms with Gasteiger partial charge in [-0.2, -0.15) is 0 Å². The molecular formula is C16H25F2NOS. The van der Waals surface area contributed by atoms with E-state index in [0.717, 1.165) is 31.1 Å². The number of unbranched alkanes of at least 4 members (excludes halogenated alkanes) is 1. The summed E-state index contributed by atoms with van der Waals surface area (Å²) in [4.78, 5) is 0.488. The van der Waals surface area contributed by atoms with Gasteiger partial charge in [-0.1, -0.05) is 20.3 Å². The van der Waals surface area contributed by atoms with E-state index in [2.05, 4.69) is 19.2 Å². The summed E-state index contributed by atoms with van der Waals surface area (Å²) in [6, 6.07) is 4.00. The minimum absolute atomic E-state index is 0.102. The van der Waals surface area contributed by atoms with Crippen LogP contribution in [0.2, 0.25) is 0 Å². The largest absolute Gasteiger partial charge is 0.394 e. The van der Waals surface area contributed by atoms with Gasteiger partial charge in [-0.3, -0.25) is 0 Å². The number of rotatable bonds is 9. The molecule has 2 nitrogen and oxygen atoms in total. The van der Waals surface area contributed by atoms with Crippen molar-refractivity contribution >= 4 is 11.8 Å². The number of hydrogen-bond donors (Lipinski definition) is 2. The van der Waals surface area contributed by atoms with Crippen LogP contribution in [0, 0.1) is 11.6 Å². The molecule has 0 saturated heterocycles. The molecule has 2 N–H and O–H groups in total. The second-order valence-electron chi connectivity index (χ2n) is 5.90. The van der Waals surface area contributed by atoms with Crippen molar-refractivity contribution in [2.75, 3.05) is 12.4 Å². The van der Waals surface area contributed by atoms with Crippen molar-refractivity contribution in [3.05, 3.63) is 29.8 Å². The van der Waals surface area contributed by atoms with Crippen molar-refractivity contribution in [3.63, 3.8) is 0 Å². The van der Waals surface area contributed by atoms with E-state index in [1.165, 1.54) is 23.9 Å². The Bertz CT molecular complexity index is 442. The van der Waals surface area contributed by atoms with Gasteiger partial charge in [-0.15, -0.1) is 11.8 Å². The van der Waals surface area contributed by atoms with Gasteiger partial charge in [0.15, 0.2) is 0 Å². The lowest BCUT2D eigenvalue weighted by Gasteiger charge is -2.31.